The highest BCUT2D eigenvalue weighted by Crippen LogP contribution is 2.40. The number of nitrogens with one attached hydrogen (secondary N) is 1. The van der Waals surface area contributed by atoms with Crippen molar-refractivity contribution in [2.24, 2.45) is 17.6 Å². The van der Waals surface area contributed by atoms with Crippen LogP contribution < -0.4 is 11.1 Å². The second-order valence-electron chi connectivity index (χ2n) is 6.40. The summed E-state index contributed by atoms with van der Waals surface area (Å²) in [6.45, 7) is 5.95. The van der Waals surface area contributed by atoms with E-state index in [9.17, 15) is 4.79 Å². The minimum absolute atomic E-state index is 0.215. The summed E-state index contributed by atoms with van der Waals surface area (Å²) in [6.07, 6.45) is 4.84. The molecule has 2 aliphatic rings. The molecule has 0 aromatic heterocycles. The maximum Gasteiger partial charge on any atom is 0.239 e. The molecule has 0 heterocycles. The molecule has 0 aromatic carbocycles. The molecule has 2 aliphatic carbocycles. The van der Waals surface area contributed by atoms with Crippen LogP contribution in [0.25, 0.3) is 0 Å². The molecule has 2 fully saturated rings. The summed E-state index contributed by atoms with van der Waals surface area (Å²) in [7, 11) is 2.04. The van der Waals surface area contributed by atoms with Crippen LogP contribution in [0.5, 0.6) is 0 Å². The van der Waals surface area contributed by atoms with Gasteiger partial charge >= 0.3 is 0 Å². The molecule has 0 bridgehead atoms. The number of ether oxygens (including phenoxy) is 1. The molecule has 0 saturated heterocycles. The smallest absolute Gasteiger partial charge is 0.239 e. The van der Waals surface area contributed by atoms with Crippen molar-refractivity contribution >= 4 is 5.91 Å². The molecule has 0 aliphatic heterocycles. The van der Waals surface area contributed by atoms with E-state index < -0.39 is 5.54 Å². The van der Waals surface area contributed by atoms with Gasteiger partial charge in [-0.1, -0.05) is 6.92 Å². The number of primary amides is 1. The summed E-state index contributed by atoms with van der Waals surface area (Å²) in [5, 5.41) is 3.35. The van der Waals surface area contributed by atoms with Gasteiger partial charge in [0.25, 0.3) is 0 Å². The molecule has 2 saturated carbocycles. The van der Waals surface area contributed by atoms with Crippen molar-refractivity contribution in [3.05, 3.63) is 0 Å². The molecule has 5 nitrogen and oxygen atoms in total. The number of rotatable bonds is 11. The first-order chi connectivity index (χ1) is 9.58. The van der Waals surface area contributed by atoms with E-state index in [2.05, 4.69) is 10.2 Å². The van der Waals surface area contributed by atoms with Gasteiger partial charge in [0.1, 0.15) is 5.54 Å². The highest BCUT2D eigenvalue weighted by molar-refractivity contribution is 5.86. The largest absolute Gasteiger partial charge is 0.380 e. The molecule has 116 valence electrons. The van der Waals surface area contributed by atoms with E-state index in [0.717, 1.165) is 45.1 Å². The van der Waals surface area contributed by atoms with Gasteiger partial charge in [0.2, 0.25) is 5.91 Å². The Balaban J connectivity index is 1.77. The zero-order valence-corrected chi connectivity index (χ0v) is 12.9. The van der Waals surface area contributed by atoms with Crippen molar-refractivity contribution in [2.45, 2.75) is 38.1 Å². The zero-order valence-electron chi connectivity index (χ0n) is 12.9. The van der Waals surface area contributed by atoms with Crippen molar-refractivity contribution in [1.82, 2.24) is 10.2 Å². The Kier molecular flexibility index (Phi) is 5.41. The Labute approximate surface area is 122 Å². The summed E-state index contributed by atoms with van der Waals surface area (Å²) >= 11 is 0. The Bertz CT molecular complexity index is 329. The lowest BCUT2D eigenvalue weighted by atomic mass is 9.91. The molecule has 1 amide bonds. The molecule has 1 unspecified atom stereocenters. The molecule has 20 heavy (non-hydrogen) atoms. The number of nitrogens with two attached hydrogens (primary N) is 1. The van der Waals surface area contributed by atoms with E-state index in [0.29, 0.717) is 12.5 Å². The molecule has 0 aromatic rings. The third-order valence-electron chi connectivity index (χ3n) is 4.39. The van der Waals surface area contributed by atoms with Crippen LogP contribution in [0.4, 0.5) is 0 Å². The van der Waals surface area contributed by atoms with Gasteiger partial charge in [-0.2, -0.15) is 0 Å². The molecule has 0 spiro atoms. The van der Waals surface area contributed by atoms with Crippen LogP contribution in [0.1, 0.15) is 32.6 Å². The number of likely N-dealkylation sites (N-methyl/N-ethyl adjacent to an activating group) is 2. The minimum Gasteiger partial charge on any atom is -0.380 e. The van der Waals surface area contributed by atoms with Crippen molar-refractivity contribution in [2.75, 3.05) is 39.9 Å². The van der Waals surface area contributed by atoms with Crippen LogP contribution in [0.15, 0.2) is 0 Å². The SMILES string of the molecule is CCNC(CN(C)CCOCC1CC1)(C(N)=O)C1CC1. The number of nitrogens with zero attached hydrogens (tertiary/aromatic N) is 1. The number of hydrogen-bond donors (Lipinski definition) is 2. The second-order valence-corrected chi connectivity index (χ2v) is 6.40. The molecule has 5 heteroatoms. The monoisotopic (exact) mass is 283 g/mol. The van der Waals surface area contributed by atoms with Gasteiger partial charge < -0.3 is 20.7 Å². The van der Waals surface area contributed by atoms with Crippen molar-refractivity contribution in [3.8, 4) is 0 Å². The summed E-state index contributed by atoms with van der Waals surface area (Å²) in [5.41, 5.74) is 5.13. The fourth-order valence-electron chi connectivity index (χ4n) is 2.85. The maximum atomic E-state index is 12.0. The topological polar surface area (TPSA) is 67.6 Å². The van der Waals surface area contributed by atoms with Gasteiger partial charge in [-0.3, -0.25) is 4.79 Å². The molecular weight excluding hydrogens is 254 g/mol. The van der Waals surface area contributed by atoms with E-state index in [4.69, 9.17) is 10.5 Å². The molecule has 0 radical (unpaired) electrons. The number of hydrogen-bond acceptors (Lipinski definition) is 4. The fraction of sp³-hybridized carbons (Fsp3) is 0.933. The molecule has 2 rings (SSSR count). The Morgan fingerprint density at radius 1 is 1.40 bits per heavy atom. The first-order valence-corrected chi connectivity index (χ1v) is 7.89. The number of carbonyl (C=O) groups is 1. The second kappa shape index (κ2) is 6.87. The van der Waals surface area contributed by atoms with Crippen molar-refractivity contribution < 1.29 is 9.53 Å². The van der Waals surface area contributed by atoms with Gasteiger partial charge in [-0.05, 0) is 51.1 Å². The average Bonchev–Trinajstić information content (AvgIpc) is 3.27. The van der Waals surface area contributed by atoms with E-state index in [1.807, 2.05) is 14.0 Å². The highest BCUT2D eigenvalue weighted by Gasteiger charge is 2.49. The van der Waals surface area contributed by atoms with Crippen LogP contribution in [0.3, 0.4) is 0 Å². The number of amides is 1. The molecule has 1 atom stereocenters. The maximum absolute atomic E-state index is 12.0. The van der Waals surface area contributed by atoms with E-state index in [1.165, 1.54) is 12.8 Å². The van der Waals surface area contributed by atoms with Gasteiger partial charge in [0, 0.05) is 19.7 Å². The minimum atomic E-state index is -0.556. The predicted molar refractivity (Wildman–Crippen MR) is 79.4 cm³/mol. The average molecular weight is 283 g/mol. The lowest BCUT2D eigenvalue weighted by Crippen LogP contribution is -2.63. The summed E-state index contributed by atoms with van der Waals surface area (Å²) in [5.74, 6) is 0.987. The van der Waals surface area contributed by atoms with Crippen LogP contribution in [-0.2, 0) is 9.53 Å². The summed E-state index contributed by atoms with van der Waals surface area (Å²) in [4.78, 5) is 14.1. The molecular formula is C15H29N3O2. The van der Waals surface area contributed by atoms with E-state index in [-0.39, 0.29) is 5.91 Å². The predicted octanol–water partition coefficient (Wildman–Crippen LogP) is 0.588. The van der Waals surface area contributed by atoms with Crippen LogP contribution in [-0.4, -0.2) is 56.2 Å². The van der Waals surface area contributed by atoms with Crippen molar-refractivity contribution in [3.63, 3.8) is 0 Å². The highest BCUT2D eigenvalue weighted by atomic mass is 16.5. The van der Waals surface area contributed by atoms with Gasteiger partial charge in [-0.25, -0.2) is 0 Å². The quantitative estimate of drug-likeness (QED) is 0.545. The molecule has 3 N–H and O–H groups in total. The Hall–Kier alpha value is -0.650. The summed E-state index contributed by atoms with van der Waals surface area (Å²) in [6, 6.07) is 0. The van der Waals surface area contributed by atoms with Crippen LogP contribution in [0.2, 0.25) is 0 Å². The van der Waals surface area contributed by atoms with E-state index in [1.54, 1.807) is 0 Å². The van der Waals surface area contributed by atoms with Crippen LogP contribution in [0, 0.1) is 11.8 Å². The Morgan fingerprint density at radius 2 is 2.10 bits per heavy atom. The van der Waals surface area contributed by atoms with Gasteiger partial charge in [0.15, 0.2) is 0 Å². The lowest BCUT2D eigenvalue weighted by Gasteiger charge is -2.35. The Morgan fingerprint density at radius 3 is 2.60 bits per heavy atom. The summed E-state index contributed by atoms with van der Waals surface area (Å²) < 4.78 is 5.66. The zero-order chi connectivity index (χ0) is 14.6. The first-order valence-electron chi connectivity index (χ1n) is 7.89. The van der Waals surface area contributed by atoms with Crippen LogP contribution >= 0.6 is 0 Å². The van der Waals surface area contributed by atoms with E-state index >= 15 is 0 Å². The fourth-order valence-corrected chi connectivity index (χ4v) is 2.85. The first kappa shape index (κ1) is 15.7. The third kappa shape index (κ3) is 4.17. The third-order valence-corrected chi connectivity index (χ3v) is 4.39. The van der Waals surface area contributed by atoms with Crippen molar-refractivity contribution in [1.29, 1.82) is 0 Å². The van der Waals surface area contributed by atoms with Gasteiger partial charge in [0.05, 0.1) is 6.61 Å². The standard InChI is InChI=1S/C15H29N3O2/c1-3-17-15(14(16)19,13-6-7-13)11-18(2)8-9-20-10-12-4-5-12/h12-13,17H,3-11H2,1-2H3,(H2,16,19). The van der Waals surface area contributed by atoms with Gasteiger partial charge in [-0.15, -0.1) is 0 Å². The normalized spacial score (nSPS) is 21.9. The number of carbonyl (C=O) groups excluding carboxylic acids is 1. The lowest BCUT2D eigenvalue weighted by molar-refractivity contribution is -0.126.